The van der Waals surface area contributed by atoms with Gasteiger partial charge in [-0.05, 0) is 13.8 Å². The van der Waals surface area contributed by atoms with Crippen molar-refractivity contribution in [2.45, 2.75) is 13.3 Å². The molecule has 1 heteroatoms. The van der Waals surface area contributed by atoms with Crippen LogP contribution in [0.3, 0.4) is 0 Å². The minimum Gasteiger partial charge on any atom is -0.299 e. The van der Waals surface area contributed by atoms with Crippen LogP contribution in [-0.2, 0) is 4.79 Å². The van der Waals surface area contributed by atoms with Crippen molar-refractivity contribution in [3.63, 3.8) is 0 Å². The van der Waals surface area contributed by atoms with E-state index in [1.807, 2.05) is 0 Å². The molecule has 0 aliphatic rings. The van der Waals surface area contributed by atoms with Crippen LogP contribution in [-0.4, -0.2) is 5.78 Å². The number of carbonyl (C=O) groups excluding carboxylic acids is 1. The molecule has 7 heavy (non-hydrogen) atoms. The van der Waals surface area contributed by atoms with Gasteiger partial charge in [0, 0.05) is 12.3 Å². The molecule has 0 heterocycles. The first-order valence-corrected chi connectivity index (χ1v) is 2.33. The van der Waals surface area contributed by atoms with Crippen molar-refractivity contribution in [3.05, 3.63) is 13.8 Å². The molecule has 0 aliphatic heterocycles. The summed E-state index contributed by atoms with van der Waals surface area (Å²) in [7, 11) is 0. The van der Waals surface area contributed by atoms with Gasteiger partial charge >= 0.3 is 0 Å². The maximum atomic E-state index is 10.4. The van der Waals surface area contributed by atoms with E-state index in [2.05, 4.69) is 13.8 Å². The van der Waals surface area contributed by atoms with Gasteiger partial charge in [0.25, 0.3) is 0 Å². The molecular weight excluding hydrogens is 88.1 g/mol. The standard InChI is InChI=1S/C6H10O/c1-4-6(7)5(2)3/h5H,1-2,4H2,3H3. The second kappa shape index (κ2) is 2.78. The summed E-state index contributed by atoms with van der Waals surface area (Å²) in [5, 5.41) is 0. The van der Waals surface area contributed by atoms with E-state index in [1.54, 1.807) is 6.92 Å². The van der Waals surface area contributed by atoms with Gasteiger partial charge in [0.15, 0.2) is 0 Å². The molecule has 0 saturated carbocycles. The number of carbonyl (C=O) groups is 1. The molecule has 0 spiro atoms. The van der Waals surface area contributed by atoms with Gasteiger partial charge in [0.2, 0.25) is 0 Å². The summed E-state index contributed by atoms with van der Waals surface area (Å²) in [6.07, 6.45) is 0.366. The summed E-state index contributed by atoms with van der Waals surface area (Å²) in [4.78, 5) is 10.4. The number of hydrogen-bond acceptors (Lipinski definition) is 1. The van der Waals surface area contributed by atoms with Crippen molar-refractivity contribution in [2.75, 3.05) is 0 Å². The summed E-state index contributed by atoms with van der Waals surface area (Å²) in [5.74, 6) is 0.0394. The van der Waals surface area contributed by atoms with Crippen molar-refractivity contribution in [3.8, 4) is 0 Å². The van der Waals surface area contributed by atoms with Crippen LogP contribution in [0.5, 0.6) is 0 Å². The molecule has 1 unspecified atom stereocenters. The lowest BCUT2D eigenvalue weighted by molar-refractivity contribution is -0.120. The first kappa shape index (κ1) is 6.67. The van der Waals surface area contributed by atoms with Gasteiger partial charge in [-0.1, -0.05) is 6.92 Å². The maximum Gasteiger partial charge on any atom is 0.135 e. The minimum atomic E-state index is -0.0856. The Kier molecular flexibility index (Phi) is 2.65. The third-order valence-electron chi connectivity index (χ3n) is 0.796. The lowest BCUT2D eigenvalue weighted by Gasteiger charge is -1.95. The number of Topliss-reactive ketones (excluding diaryl/α,β-unsaturated/α-hetero) is 1. The Morgan fingerprint density at radius 3 is 2.29 bits per heavy atom. The Morgan fingerprint density at radius 2 is 2.29 bits per heavy atom. The van der Waals surface area contributed by atoms with E-state index in [-0.39, 0.29) is 11.7 Å². The molecule has 0 amide bonds. The van der Waals surface area contributed by atoms with Crippen molar-refractivity contribution in [2.24, 2.45) is 5.92 Å². The topological polar surface area (TPSA) is 17.1 Å². The van der Waals surface area contributed by atoms with Gasteiger partial charge in [-0.3, -0.25) is 4.79 Å². The average Bonchev–Trinajstić information content (AvgIpc) is 1.65. The number of rotatable bonds is 2. The average molecular weight is 98.1 g/mol. The van der Waals surface area contributed by atoms with Crippen LogP contribution in [0.4, 0.5) is 0 Å². The summed E-state index contributed by atoms with van der Waals surface area (Å²) >= 11 is 0. The van der Waals surface area contributed by atoms with Crippen molar-refractivity contribution < 1.29 is 4.79 Å². The molecule has 40 valence electrons. The highest BCUT2D eigenvalue weighted by atomic mass is 16.1. The molecule has 0 bridgehead atoms. The predicted molar refractivity (Wildman–Crippen MR) is 29.5 cm³/mol. The van der Waals surface area contributed by atoms with Crippen molar-refractivity contribution >= 4 is 5.78 Å². The molecule has 2 radical (unpaired) electrons. The van der Waals surface area contributed by atoms with E-state index in [1.165, 1.54) is 0 Å². The molecule has 0 rings (SSSR count). The first-order valence-electron chi connectivity index (χ1n) is 2.33. The minimum absolute atomic E-state index is 0.0856. The summed E-state index contributed by atoms with van der Waals surface area (Å²) in [6.45, 7) is 8.71. The van der Waals surface area contributed by atoms with Crippen LogP contribution in [0.15, 0.2) is 0 Å². The van der Waals surface area contributed by atoms with Gasteiger partial charge in [0.05, 0.1) is 0 Å². The van der Waals surface area contributed by atoms with E-state index < -0.39 is 0 Å². The van der Waals surface area contributed by atoms with Crippen LogP contribution in [0, 0.1) is 19.8 Å². The zero-order valence-corrected chi connectivity index (χ0v) is 4.61. The lowest BCUT2D eigenvalue weighted by atomic mass is 10.1. The van der Waals surface area contributed by atoms with Crippen LogP contribution < -0.4 is 0 Å². The zero-order valence-electron chi connectivity index (χ0n) is 4.61. The second-order valence-electron chi connectivity index (χ2n) is 1.62. The zero-order chi connectivity index (χ0) is 5.86. The highest BCUT2D eigenvalue weighted by molar-refractivity contribution is 5.81. The monoisotopic (exact) mass is 98.1 g/mol. The fourth-order valence-corrected chi connectivity index (χ4v) is 0.246. The number of hydrogen-bond donors (Lipinski definition) is 0. The van der Waals surface area contributed by atoms with E-state index in [9.17, 15) is 4.79 Å². The third-order valence-corrected chi connectivity index (χ3v) is 0.796. The molecular formula is C6H10O. The Labute approximate surface area is 44.7 Å². The highest BCUT2D eigenvalue weighted by Gasteiger charge is 2.01. The van der Waals surface area contributed by atoms with Crippen molar-refractivity contribution in [1.29, 1.82) is 0 Å². The van der Waals surface area contributed by atoms with Gasteiger partial charge in [-0.15, -0.1) is 0 Å². The Morgan fingerprint density at radius 1 is 1.86 bits per heavy atom. The lowest BCUT2D eigenvalue weighted by Crippen LogP contribution is -2.03. The molecule has 1 nitrogen and oxygen atoms in total. The van der Waals surface area contributed by atoms with E-state index >= 15 is 0 Å². The van der Waals surface area contributed by atoms with Gasteiger partial charge in [-0.25, -0.2) is 0 Å². The molecule has 0 saturated heterocycles. The molecule has 1 atom stereocenters. The molecule has 0 aromatic rings. The third kappa shape index (κ3) is 2.38. The quantitative estimate of drug-likeness (QED) is 0.508. The Hall–Kier alpha value is -0.330. The second-order valence-corrected chi connectivity index (χ2v) is 1.62. The Bertz CT molecular complexity index is 64.6. The molecule has 0 aliphatic carbocycles. The molecule has 0 fully saturated rings. The van der Waals surface area contributed by atoms with E-state index in [0.29, 0.717) is 6.42 Å². The first-order chi connectivity index (χ1) is 3.18. The highest BCUT2D eigenvalue weighted by Crippen LogP contribution is 1.94. The molecule has 0 aromatic carbocycles. The SMILES string of the molecule is [CH2]CC(=O)C([CH2])C. The fraction of sp³-hybridized carbons (Fsp3) is 0.500. The van der Waals surface area contributed by atoms with Gasteiger partial charge < -0.3 is 0 Å². The Balaban J connectivity index is 3.35. The molecule has 0 aromatic heterocycles. The number of ketones is 1. The van der Waals surface area contributed by atoms with Crippen LogP contribution in [0.2, 0.25) is 0 Å². The summed E-state index contributed by atoms with van der Waals surface area (Å²) < 4.78 is 0. The van der Waals surface area contributed by atoms with Crippen LogP contribution in [0.25, 0.3) is 0 Å². The van der Waals surface area contributed by atoms with Gasteiger partial charge in [0.1, 0.15) is 5.78 Å². The smallest absolute Gasteiger partial charge is 0.135 e. The van der Waals surface area contributed by atoms with Crippen LogP contribution in [0.1, 0.15) is 13.3 Å². The summed E-state index contributed by atoms with van der Waals surface area (Å²) in [6, 6.07) is 0. The van der Waals surface area contributed by atoms with Gasteiger partial charge in [-0.2, -0.15) is 0 Å². The fourth-order valence-electron chi connectivity index (χ4n) is 0.246. The normalized spacial score (nSPS) is 9.71. The van der Waals surface area contributed by atoms with Crippen molar-refractivity contribution in [1.82, 2.24) is 0 Å². The van der Waals surface area contributed by atoms with Crippen LogP contribution >= 0.6 is 0 Å². The largest absolute Gasteiger partial charge is 0.299 e. The summed E-state index contributed by atoms with van der Waals surface area (Å²) in [5.41, 5.74) is 0. The molecule has 0 N–H and O–H groups in total. The van der Waals surface area contributed by atoms with E-state index in [4.69, 9.17) is 0 Å². The predicted octanol–water partition coefficient (Wildman–Crippen LogP) is 1.25. The maximum absolute atomic E-state index is 10.4. The van der Waals surface area contributed by atoms with E-state index in [0.717, 1.165) is 0 Å².